The Morgan fingerprint density at radius 1 is 1.50 bits per heavy atom. The average Bonchev–Trinajstić information content (AvgIpc) is 2.32. The van der Waals surface area contributed by atoms with Crippen molar-refractivity contribution in [2.24, 2.45) is 0 Å². The van der Waals surface area contributed by atoms with Gasteiger partial charge in [0.1, 0.15) is 4.90 Å². The third-order valence-corrected chi connectivity index (χ3v) is 4.60. The molecule has 0 unspecified atom stereocenters. The maximum Gasteiger partial charge on any atom is 0.242 e. The molecule has 0 bridgehead atoms. The Hall–Kier alpha value is -0.870. The molecule has 0 saturated carbocycles. The molecule has 0 heterocycles. The number of sulfonamides is 1. The van der Waals surface area contributed by atoms with Gasteiger partial charge in [0.15, 0.2) is 0 Å². The van der Waals surface area contributed by atoms with Crippen LogP contribution in [-0.4, -0.2) is 26.5 Å². The van der Waals surface area contributed by atoms with E-state index in [1.165, 1.54) is 23.9 Å². The largest absolute Gasteiger partial charge is 0.398 e. The van der Waals surface area contributed by atoms with Crippen LogP contribution in [-0.2, 0) is 10.0 Å². The van der Waals surface area contributed by atoms with Crippen LogP contribution in [0.4, 0.5) is 5.69 Å². The summed E-state index contributed by atoms with van der Waals surface area (Å²) in [6, 6.07) is 4.33. The summed E-state index contributed by atoms with van der Waals surface area (Å²) < 4.78 is 26.3. The molecule has 4 nitrogen and oxygen atoms in total. The summed E-state index contributed by atoms with van der Waals surface area (Å²) in [5, 5.41) is 0.325. The minimum Gasteiger partial charge on any atom is -0.398 e. The van der Waals surface area contributed by atoms with Gasteiger partial charge < -0.3 is 5.73 Å². The first-order valence-corrected chi connectivity index (χ1v) is 8.05. The van der Waals surface area contributed by atoms with Gasteiger partial charge in [-0.2, -0.15) is 0 Å². The number of nitrogens with one attached hydrogen (secondary N) is 1. The fourth-order valence-corrected chi connectivity index (χ4v) is 3.26. The summed E-state index contributed by atoms with van der Waals surface area (Å²) in [5.41, 5.74) is 5.79. The van der Waals surface area contributed by atoms with E-state index in [0.717, 1.165) is 0 Å². The molecule has 0 spiro atoms. The predicted molar refractivity (Wildman–Crippen MR) is 77.2 cm³/mol. The maximum atomic E-state index is 11.9. The smallest absolute Gasteiger partial charge is 0.242 e. The van der Waals surface area contributed by atoms with Gasteiger partial charge in [-0.05, 0) is 18.2 Å². The van der Waals surface area contributed by atoms with Crippen molar-refractivity contribution in [2.45, 2.75) is 4.90 Å². The topological polar surface area (TPSA) is 72.2 Å². The van der Waals surface area contributed by atoms with Gasteiger partial charge in [0.05, 0.1) is 11.4 Å². The highest BCUT2D eigenvalue weighted by molar-refractivity contribution is 7.99. The Balaban J connectivity index is 2.69. The highest BCUT2D eigenvalue weighted by atomic mass is 35.5. The number of terminal acetylenes is 1. The van der Waals surface area contributed by atoms with Gasteiger partial charge >= 0.3 is 0 Å². The van der Waals surface area contributed by atoms with Crippen LogP contribution in [0.15, 0.2) is 23.1 Å². The van der Waals surface area contributed by atoms with Crippen molar-refractivity contribution in [3.8, 4) is 12.3 Å². The number of anilines is 1. The molecule has 0 aromatic heterocycles. The molecular weight excluding hydrogens is 292 g/mol. The van der Waals surface area contributed by atoms with Crippen LogP contribution >= 0.6 is 23.4 Å². The van der Waals surface area contributed by atoms with Gasteiger partial charge in [0.2, 0.25) is 10.0 Å². The molecule has 0 aliphatic carbocycles. The van der Waals surface area contributed by atoms with Crippen molar-refractivity contribution in [3.05, 3.63) is 23.2 Å². The first kappa shape index (κ1) is 15.2. The van der Waals surface area contributed by atoms with Gasteiger partial charge in [0.25, 0.3) is 0 Å². The van der Waals surface area contributed by atoms with Crippen LogP contribution < -0.4 is 10.5 Å². The quantitative estimate of drug-likeness (QED) is 0.475. The monoisotopic (exact) mass is 304 g/mol. The fraction of sp³-hybridized carbons (Fsp3) is 0.273. The van der Waals surface area contributed by atoms with E-state index in [1.807, 2.05) is 0 Å². The third-order valence-electron chi connectivity index (χ3n) is 1.99. The molecule has 7 heteroatoms. The summed E-state index contributed by atoms with van der Waals surface area (Å²) in [7, 11) is -3.63. The molecular formula is C11H13ClN2O2S2. The lowest BCUT2D eigenvalue weighted by Gasteiger charge is -2.09. The fourth-order valence-electron chi connectivity index (χ4n) is 1.20. The van der Waals surface area contributed by atoms with Crippen LogP contribution in [0.1, 0.15) is 0 Å². The summed E-state index contributed by atoms with van der Waals surface area (Å²) in [6.45, 7) is 0.292. The Labute approximate surface area is 116 Å². The molecule has 3 N–H and O–H groups in total. The lowest BCUT2D eigenvalue weighted by atomic mass is 10.3. The zero-order valence-corrected chi connectivity index (χ0v) is 11.9. The molecule has 1 rings (SSSR count). The number of nitrogen functional groups attached to an aromatic ring is 1. The molecule has 0 radical (unpaired) electrons. The van der Waals surface area contributed by atoms with Crippen molar-refractivity contribution in [1.29, 1.82) is 0 Å². The van der Waals surface area contributed by atoms with Crippen LogP contribution in [0.2, 0.25) is 5.02 Å². The molecule has 98 valence electrons. The molecule has 0 atom stereocenters. The van der Waals surface area contributed by atoms with Crippen molar-refractivity contribution in [2.75, 3.05) is 23.8 Å². The number of rotatable bonds is 6. The second-order valence-electron chi connectivity index (χ2n) is 3.34. The van der Waals surface area contributed by atoms with Crippen molar-refractivity contribution in [1.82, 2.24) is 4.72 Å². The van der Waals surface area contributed by atoms with E-state index in [1.54, 1.807) is 6.07 Å². The van der Waals surface area contributed by atoms with E-state index >= 15 is 0 Å². The Morgan fingerprint density at radius 3 is 2.89 bits per heavy atom. The van der Waals surface area contributed by atoms with Crippen molar-refractivity contribution >= 4 is 39.1 Å². The van der Waals surface area contributed by atoms with E-state index < -0.39 is 10.0 Å². The molecule has 18 heavy (non-hydrogen) atoms. The lowest BCUT2D eigenvalue weighted by Crippen LogP contribution is -2.26. The Morgan fingerprint density at radius 2 is 2.22 bits per heavy atom. The number of nitrogens with two attached hydrogens (primary N) is 1. The predicted octanol–water partition coefficient (Wildman–Crippen LogP) is 1.57. The second kappa shape index (κ2) is 6.90. The zero-order chi connectivity index (χ0) is 13.6. The summed E-state index contributed by atoms with van der Waals surface area (Å²) in [4.78, 5) is -0.00282. The Bertz CT molecular complexity index is 553. The van der Waals surface area contributed by atoms with Crippen LogP contribution in [0.5, 0.6) is 0 Å². The highest BCUT2D eigenvalue weighted by Crippen LogP contribution is 2.22. The molecule has 0 saturated heterocycles. The van der Waals surface area contributed by atoms with Crippen LogP contribution in [0.25, 0.3) is 0 Å². The number of hydrogen-bond donors (Lipinski definition) is 2. The lowest BCUT2D eigenvalue weighted by molar-refractivity contribution is 0.584. The van der Waals surface area contributed by atoms with Gasteiger partial charge in [-0.1, -0.05) is 17.5 Å². The molecule has 0 aliphatic rings. The summed E-state index contributed by atoms with van der Waals surface area (Å²) >= 11 is 7.23. The van der Waals surface area contributed by atoms with E-state index in [0.29, 0.717) is 23.1 Å². The minimum absolute atomic E-state index is 0.00282. The number of halogens is 1. The van der Waals surface area contributed by atoms with E-state index in [4.69, 9.17) is 23.8 Å². The maximum absolute atomic E-state index is 11.9. The minimum atomic E-state index is -3.63. The first-order valence-electron chi connectivity index (χ1n) is 5.03. The highest BCUT2D eigenvalue weighted by Gasteiger charge is 2.17. The molecule has 0 aliphatic heterocycles. The van der Waals surface area contributed by atoms with Crippen LogP contribution in [0, 0.1) is 12.3 Å². The van der Waals surface area contributed by atoms with E-state index in [-0.39, 0.29) is 10.6 Å². The average molecular weight is 305 g/mol. The molecule has 0 fully saturated rings. The Kier molecular flexibility index (Phi) is 5.82. The van der Waals surface area contributed by atoms with E-state index in [9.17, 15) is 8.42 Å². The van der Waals surface area contributed by atoms with Crippen molar-refractivity contribution in [3.63, 3.8) is 0 Å². The molecule has 1 aromatic carbocycles. The third kappa shape index (κ3) is 4.42. The van der Waals surface area contributed by atoms with Gasteiger partial charge in [-0.25, -0.2) is 13.1 Å². The summed E-state index contributed by atoms with van der Waals surface area (Å²) in [5.74, 6) is 3.62. The number of benzene rings is 1. The molecule has 1 aromatic rings. The van der Waals surface area contributed by atoms with Gasteiger partial charge in [-0.15, -0.1) is 18.2 Å². The normalized spacial score (nSPS) is 11.1. The van der Waals surface area contributed by atoms with Gasteiger partial charge in [-0.3, -0.25) is 0 Å². The molecule has 0 amide bonds. The summed E-state index contributed by atoms with van der Waals surface area (Å²) in [6.07, 6.45) is 5.08. The SMILES string of the molecule is C#CCSCCNS(=O)(=O)c1cc(Cl)ccc1N. The number of hydrogen-bond acceptors (Lipinski definition) is 4. The van der Waals surface area contributed by atoms with Crippen LogP contribution in [0.3, 0.4) is 0 Å². The number of thioether (sulfide) groups is 1. The second-order valence-corrected chi connectivity index (χ2v) is 6.61. The van der Waals surface area contributed by atoms with Crippen molar-refractivity contribution < 1.29 is 8.42 Å². The standard InChI is InChI=1S/C11H13ClN2O2S2/c1-2-6-17-7-5-14-18(15,16)11-8-9(12)3-4-10(11)13/h1,3-4,8,14H,5-7,13H2. The zero-order valence-electron chi connectivity index (χ0n) is 9.52. The van der Waals surface area contributed by atoms with Gasteiger partial charge in [0, 0.05) is 17.3 Å². The van der Waals surface area contributed by atoms with E-state index in [2.05, 4.69) is 10.6 Å². The first-order chi connectivity index (χ1) is 8.47.